The Labute approximate surface area is 110 Å². The van der Waals surface area contributed by atoms with Gasteiger partial charge in [-0.25, -0.2) is 0 Å². The third kappa shape index (κ3) is 3.00. The predicted molar refractivity (Wildman–Crippen MR) is 69.3 cm³/mol. The molecule has 90 valence electrons. The Morgan fingerprint density at radius 3 is 2.82 bits per heavy atom. The van der Waals surface area contributed by atoms with Crippen LogP contribution in [0.2, 0.25) is 10.0 Å². The van der Waals surface area contributed by atoms with Gasteiger partial charge in [-0.1, -0.05) is 35.3 Å². The van der Waals surface area contributed by atoms with E-state index in [2.05, 4.69) is 10.5 Å². The normalized spacial score (nSPS) is 10.8. The first-order chi connectivity index (χ1) is 8.20. The van der Waals surface area contributed by atoms with Crippen LogP contribution >= 0.6 is 23.2 Å². The van der Waals surface area contributed by atoms with Crippen molar-refractivity contribution >= 4 is 23.2 Å². The molecule has 1 aromatic heterocycles. The summed E-state index contributed by atoms with van der Waals surface area (Å²) < 4.78 is 5.25. The first kappa shape index (κ1) is 12.4. The van der Waals surface area contributed by atoms with E-state index < -0.39 is 0 Å². The van der Waals surface area contributed by atoms with Gasteiger partial charge < -0.3 is 9.84 Å². The molecule has 1 N–H and O–H groups in total. The van der Waals surface area contributed by atoms with Crippen molar-refractivity contribution in [2.75, 3.05) is 6.54 Å². The number of hydrogen-bond donors (Lipinski definition) is 1. The van der Waals surface area contributed by atoms with Crippen LogP contribution in [0.5, 0.6) is 0 Å². The largest absolute Gasteiger partial charge is 0.356 e. The zero-order chi connectivity index (χ0) is 12.3. The van der Waals surface area contributed by atoms with Gasteiger partial charge in [0, 0.05) is 23.2 Å². The standard InChI is InChI=1S/C12H12Cl2N2O/c1-2-15-7-9-6-12(17-16-9)10-4-3-8(13)5-11(10)14/h3-6,15H,2,7H2,1H3. The van der Waals surface area contributed by atoms with Crippen molar-refractivity contribution in [3.8, 4) is 11.3 Å². The smallest absolute Gasteiger partial charge is 0.168 e. The number of aromatic nitrogens is 1. The van der Waals surface area contributed by atoms with Gasteiger partial charge in [0.05, 0.1) is 10.7 Å². The van der Waals surface area contributed by atoms with Crippen molar-refractivity contribution in [3.05, 3.63) is 40.0 Å². The van der Waals surface area contributed by atoms with Crippen molar-refractivity contribution in [3.63, 3.8) is 0 Å². The Kier molecular flexibility index (Phi) is 4.05. The third-order valence-corrected chi connectivity index (χ3v) is 2.86. The minimum absolute atomic E-state index is 0.559. The molecule has 0 aliphatic heterocycles. The predicted octanol–water partition coefficient (Wildman–Crippen LogP) is 3.76. The summed E-state index contributed by atoms with van der Waals surface area (Å²) in [6.45, 7) is 3.62. The Balaban J connectivity index is 2.24. The number of rotatable bonds is 4. The highest BCUT2D eigenvalue weighted by Crippen LogP contribution is 2.30. The minimum atomic E-state index is 0.559. The first-order valence-corrected chi connectivity index (χ1v) is 6.08. The Bertz CT molecular complexity index is 511. The molecule has 5 heteroatoms. The number of nitrogens with one attached hydrogen (secondary N) is 1. The van der Waals surface area contributed by atoms with Gasteiger partial charge in [-0.3, -0.25) is 0 Å². The molecule has 0 aliphatic carbocycles. The Morgan fingerprint density at radius 2 is 2.12 bits per heavy atom. The van der Waals surface area contributed by atoms with Gasteiger partial charge in [0.2, 0.25) is 0 Å². The average molecular weight is 271 g/mol. The number of halogens is 2. The molecule has 0 saturated heterocycles. The maximum Gasteiger partial charge on any atom is 0.168 e. The molecule has 3 nitrogen and oxygen atoms in total. The SMILES string of the molecule is CCNCc1cc(-c2ccc(Cl)cc2Cl)on1. The molecule has 0 spiro atoms. The van der Waals surface area contributed by atoms with E-state index in [9.17, 15) is 0 Å². The Hall–Kier alpha value is -1.03. The van der Waals surface area contributed by atoms with Gasteiger partial charge in [0.1, 0.15) is 0 Å². The van der Waals surface area contributed by atoms with E-state index in [1.807, 2.05) is 19.1 Å². The molecule has 0 radical (unpaired) electrons. The second kappa shape index (κ2) is 5.54. The molecule has 0 bridgehead atoms. The maximum atomic E-state index is 6.09. The first-order valence-electron chi connectivity index (χ1n) is 5.32. The Morgan fingerprint density at radius 1 is 1.29 bits per heavy atom. The van der Waals surface area contributed by atoms with Crippen LogP contribution in [0.4, 0.5) is 0 Å². The molecule has 0 atom stereocenters. The van der Waals surface area contributed by atoms with E-state index in [4.69, 9.17) is 27.7 Å². The molecule has 1 heterocycles. The fourth-order valence-corrected chi connectivity index (χ4v) is 1.97. The van der Waals surface area contributed by atoms with E-state index in [1.54, 1.807) is 12.1 Å². The van der Waals surface area contributed by atoms with Gasteiger partial charge in [-0.15, -0.1) is 0 Å². The molecule has 0 unspecified atom stereocenters. The number of benzene rings is 1. The topological polar surface area (TPSA) is 38.1 Å². The lowest BCUT2D eigenvalue weighted by Crippen LogP contribution is -2.11. The fraction of sp³-hybridized carbons (Fsp3) is 0.250. The summed E-state index contributed by atoms with van der Waals surface area (Å²) in [7, 11) is 0. The van der Waals surface area contributed by atoms with Crippen molar-refractivity contribution < 1.29 is 4.52 Å². The van der Waals surface area contributed by atoms with Crippen molar-refractivity contribution in [1.82, 2.24) is 10.5 Å². The summed E-state index contributed by atoms with van der Waals surface area (Å²) in [4.78, 5) is 0. The second-order valence-corrected chi connectivity index (χ2v) is 4.43. The van der Waals surface area contributed by atoms with Crippen LogP contribution < -0.4 is 5.32 Å². The van der Waals surface area contributed by atoms with Gasteiger partial charge in [-0.2, -0.15) is 0 Å². The number of nitrogens with zero attached hydrogens (tertiary/aromatic N) is 1. The number of hydrogen-bond acceptors (Lipinski definition) is 3. The lowest BCUT2D eigenvalue weighted by molar-refractivity contribution is 0.420. The molecular weight excluding hydrogens is 259 g/mol. The summed E-state index contributed by atoms with van der Waals surface area (Å²) in [5, 5.41) is 8.30. The van der Waals surface area contributed by atoms with Crippen molar-refractivity contribution in [2.45, 2.75) is 13.5 Å². The molecule has 2 rings (SSSR count). The van der Waals surface area contributed by atoms with Gasteiger partial charge >= 0.3 is 0 Å². The molecule has 0 amide bonds. The average Bonchev–Trinajstić information content (AvgIpc) is 2.75. The van der Waals surface area contributed by atoms with Crippen LogP contribution in [0.3, 0.4) is 0 Å². The highest BCUT2D eigenvalue weighted by Gasteiger charge is 2.10. The van der Waals surface area contributed by atoms with Crippen LogP contribution in [0.25, 0.3) is 11.3 Å². The van der Waals surface area contributed by atoms with E-state index in [1.165, 1.54) is 0 Å². The molecule has 0 saturated carbocycles. The molecular formula is C12H12Cl2N2O. The molecule has 0 fully saturated rings. The molecule has 17 heavy (non-hydrogen) atoms. The van der Waals surface area contributed by atoms with E-state index >= 15 is 0 Å². The van der Waals surface area contributed by atoms with E-state index in [0.29, 0.717) is 22.4 Å². The van der Waals surface area contributed by atoms with Crippen LogP contribution in [-0.2, 0) is 6.54 Å². The quantitative estimate of drug-likeness (QED) is 0.920. The molecule has 0 aliphatic rings. The van der Waals surface area contributed by atoms with Gasteiger partial charge in [-0.05, 0) is 24.7 Å². The van der Waals surface area contributed by atoms with Crippen LogP contribution in [0.1, 0.15) is 12.6 Å². The summed E-state index contributed by atoms with van der Waals surface area (Å²) in [5.41, 5.74) is 1.65. The highest BCUT2D eigenvalue weighted by atomic mass is 35.5. The van der Waals surface area contributed by atoms with Crippen LogP contribution in [0, 0.1) is 0 Å². The van der Waals surface area contributed by atoms with Crippen LogP contribution in [-0.4, -0.2) is 11.7 Å². The lowest BCUT2D eigenvalue weighted by atomic mass is 10.1. The van der Waals surface area contributed by atoms with E-state index in [0.717, 1.165) is 17.8 Å². The van der Waals surface area contributed by atoms with Crippen molar-refractivity contribution in [2.24, 2.45) is 0 Å². The zero-order valence-electron chi connectivity index (χ0n) is 9.34. The van der Waals surface area contributed by atoms with E-state index in [-0.39, 0.29) is 0 Å². The zero-order valence-corrected chi connectivity index (χ0v) is 10.8. The summed E-state index contributed by atoms with van der Waals surface area (Å²) in [6, 6.07) is 7.15. The highest BCUT2D eigenvalue weighted by molar-refractivity contribution is 6.36. The summed E-state index contributed by atoms with van der Waals surface area (Å²) in [5.74, 6) is 0.652. The summed E-state index contributed by atoms with van der Waals surface area (Å²) in [6.07, 6.45) is 0. The van der Waals surface area contributed by atoms with Gasteiger partial charge in [0.25, 0.3) is 0 Å². The van der Waals surface area contributed by atoms with Crippen LogP contribution in [0.15, 0.2) is 28.8 Å². The third-order valence-electron chi connectivity index (χ3n) is 2.31. The fourth-order valence-electron chi connectivity index (χ4n) is 1.46. The summed E-state index contributed by atoms with van der Waals surface area (Å²) >= 11 is 11.9. The molecule has 1 aromatic carbocycles. The monoisotopic (exact) mass is 270 g/mol. The lowest BCUT2D eigenvalue weighted by Gasteiger charge is -1.99. The minimum Gasteiger partial charge on any atom is -0.356 e. The maximum absolute atomic E-state index is 6.09. The van der Waals surface area contributed by atoms with Crippen molar-refractivity contribution in [1.29, 1.82) is 0 Å². The second-order valence-electron chi connectivity index (χ2n) is 3.59. The molecule has 2 aromatic rings. The van der Waals surface area contributed by atoms with Gasteiger partial charge in [0.15, 0.2) is 5.76 Å².